The molecule has 0 bridgehead atoms. The molecule has 0 radical (unpaired) electrons. The molecule has 0 spiro atoms. The molecular weight excluding hydrogens is 424 g/mol. The molecule has 3 aromatic carbocycles. The second kappa shape index (κ2) is 10.9. The van der Waals surface area contributed by atoms with Crippen LogP contribution in [0.1, 0.15) is 21.5 Å². The summed E-state index contributed by atoms with van der Waals surface area (Å²) in [6.45, 7) is 0.406. The van der Waals surface area contributed by atoms with Gasteiger partial charge in [-0.25, -0.2) is 0 Å². The van der Waals surface area contributed by atoms with Crippen LogP contribution >= 0.6 is 0 Å². The minimum atomic E-state index is -0.464. The van der Waals surface area contributed by atoms with E-state index < -0.39 is 5.78 Å². The Balaban J connectivity index is 1.83. The van der Waals surface area contributed by atoms with Crippen LogP contribution in [0.2, 0.25) is 0 Å². The predicted octanol–water partition coefficient (Wildman–Crippen LogP) is 4.90. The number of aromatic hydroxyl groups is 1. The number of hydrogen-bond acceptors (Lipinski definition) is 7. The highest BCUT2D eigenvalue weighted by atomic mass is 16.5. The topological polar surface area (TPSA) is 83.5 Å². The van der Waals surface area contributed by atoms with E-state index in [0.29, 0.717) is 23.7 Å². The predicted molar refractivity (Wildman–Crippen MR) is 125 cm³/mol. The average Bonchev–Trinajstić information content (AvgIpc) is 2.85. The highest BCUT2D eigenvalue weighted by Gasteiger charge is 2.24. The van der Waals surface area contributed by atoms with E-state index in [1.807, 2.05) is 30.3 Å². The summed E-state index contributed by atoms with van der Waals surface area (Å²) in [6.07, 6.45) is 2.95. The van der Waals surface area contributed by atoms with Gasteiger partial charge in [-0.05, 0) is 29.3 Å². The highest BCUT2D eigenvalue weighted by molar-refractivity contribution is 6.11. The molecule has 0 unspecified atom stereocenters. The van der Waals surface area contributed by atoms with Crippen molar-refractivity contribution in [3.63, 3.8) is 0 Å². The van der Waals surface area contributed by atoms with E-state index in [1.54, 1.807) is 31.4 Å². The summed E-state index contributed by atoms with van der Waals surface area (Å²) < 4.78 is 27.1. The maximum Gasteiger partial charge on any atom is 0.204 e. The lowest BCUT2D eigenvalue weighted by molar-refractivity contribution is 0.104. The quantitative estimate of drug-likeness (QED) is 0.347. The molecule has 0 aliphatic carbocycles. The lowest BCUT2D eigenvalue weighted by Crippen LogP contribution is -2.03. The maximum atomic E-state index is 12.9. The van der Waals surface area contributed by atoms with Gasteiger partial charge in [-0.2, -0.15) is 0 Å². The van der Waals surface area contributed by atoms with Gasteiger partial charge in [-0.15, -0.1) is 0 Å². The Morgan fingerprint density at radius 3 is 2.15 bits per heavy atom. The van der Waals surface area contributed by atoms with Crippen LogP contribution in [0.4, 0.5) is 0 Å². The molecule has 0 saturated heterocycles. The van der Waals surface area contributed by atoms with Crippen molar-refractivity contribution in [3.05, 3.63) is 77.4 Å². The Bertz CT molecular complexity index is 1140. The van der Waals surface area contributed by atoms with Crippen LogP contribution in [-0.2, 0) is 6.61 Å². The minimum absolute atomic E-state index is 0.0267. The first-order valence-corrected chi connectivity index (χ1v) is 10.1. The van der Waals surface area contributed by atoms with Crippen LogP contribution in [0.3, 0.4) is 0 Å². The smallest absolute Gasteiger partial charge is 0.204 e. The normalized spacial score (nSPS) is 10.7. The first-order chi connectivity index (χ1) is 16.0. The summed E-state index contributed by atoms with van der Waals surface area (Å²) in [6, 6.07) is 16.5. The van der Waals surface area contributed by atoms with Crippen LogP contribution in [0.25, 0.3) is 6.08 Å². The number of ketones is 1. The number of carbonyl (C=O) groups excluding carboxylic acids is 1. The number of allylic oxidation sites excluding steroid dienone is 1. The van der Waals surface area contributed by atoms with Crippen molar-refractivity contribution in [2.75, 3.05) is 28.4 Å². The van der Waals surface area contributed by atoms with Gasteiger partial charge in [-0.3, -0.25) is 4.79 Å². The molecule has 33 heavy (non-hydrogen) atoms. The third-order valence-electron chi connectivity index (χ3n) is 4.91. The van der Waals surface area contributed by atoms with Gasteiger partial charge in [0.25, 0.3) is 0 Å². The third kappa shape index (κ3) is 5.38. The number of rotatable bonds is 10. The molecule has 172 valence electrons. The standard InChI is InChI=1S/C26H26O7/c1-29-22-14-17(11-13-21(22)33-16-18-8-6-5-7-9-18)10-12-19(27)24-20(28)15-23(30-2)25(31-3)26(24)32-4/h5-15,28H,16H2,1-4H3/b12-10+. The summed E-state index contributed by atoms with van der Waals surface area (Å²) in [5.41, 5.74) is 1.73. The van der Waals surface area contributed by atoms with Gasteiger partial charge < -0.3 is 28.8 Å². The average molecular weight is 450 g/mol. The zero-order chi connectivity index (χ0) is 23.8. The fourth-order valence-corrected chi connectivity index (χ4v) is 3.28. The Morgan fingerprint density at radius 1 is 0.818 bits per heavy atom. The molecular formula is C26H26O7. The summed E-state index contributed by atoms with van der Waals surface area (Å²) in [5, 5.41) is 10.4. The number of ether oxygens (including phenoxy) is 5. The second-order valence-electron chi connectivity index (χ2n) is 6.92. The van der Waals surface area contributed by atoms with Crippen LogP contribution < -0.4 is 23.7 Å². The second-order valence-corrected chi connectivity index (χ2v) is 6.92. The van der Waals surface area contributed by atoms with Crippen molar-refractivity contribution < 1.29 is 33.6 Å². The van der Waals surface area contributed by atoms with Gasteiger partial charge in [0.05, 0.1) is 28.4 Å². The van der Waals surface area contributed by atoms with Crippen LogP contribution in [0, 0.1) is 0 Å². The van der Waals surface area contributed by atoms with Crippen LogP contribution in [0.15, 0.2) is 60.7 Å². The molecule has 7 nitrogen and oxygen atoms in total. The fraction of sp³-hybridized carbons (Fsp3) is 0.192. The van der Waals surface area contributed by atoms with Crippen LogP contribution in [-0.4, -0.2) is 39.3 Å². The Kier molecular flexibility index (Phi) is 7.81. The summed E-state index contributed by atoms with van der Waals surface area (Å²) in [7, 11) is 5.79. The van der Waals surface area contributed by atoms with E-state index in [-0.39, 0.29) is 28.6 Å². The molecule has 0 heterocycles. The first kappa shape index (κ1) is 23.5. The zero-order valence-electron chi connectivity index (χ0n) is 19.0. The molecule has 0 aromatic heterocycles. The van der Waals surface area contributed by atoms with Gasteiger partial charge in [0.2, 0.25) is 5.75 Å². The summed E-state index contributed by atoms with van der Waals surface area (Å²) in [4.78, 5) is 12.9. The zero-order valence-corrected chi connectivity index (χ0v) is 19.0. The molecule has 3 rings (SSSR count). The lowest BCUT2D eigenvalue weighted by atomic mass is 10.0. The first-order valence-electron chi connectivity index (χ1n) is 10.1. The minimum Gasteiger partial charge on any atom is -0.507 e. The lowest BCUT2D eigenvalue weighted by Gasteiger charge is -2.15. The van der Waals surface area contributed by atoms with Gasteiger partial charge in [0.15, 0.2) is 28.8 Å². The molecule has 1 N–H and O–H groups in total. The fourth-order valence-electron chi connectivity index (χ4n) is 3.28. The number of benzene rings is 3. The van der Waals surface area contributed by atoms with E-state index in [0.717, 1.165) is 5.56 Å². The molecule has 3 aromatic rings. The Labute approximate surface area is 192 Å². The molecule has 0 aliphatic rings. The van der Waals surface area contributed by atoms with Gasteiger partial charge in [0.1, 0.15) is 17.9 Å². The van der Waals surface area contributed by atoms with Crippen molar-refractivity contribution >= 4 is 11.9 Å². The summed E-state index contributed by atoms with van der Waals surface area (Å²) in [5.74, 6) is 0.941. The number of methoxy groups -OCH3 is 4. The molecule has 7 heteroatoms. The van der Waals surface area contributed by atoms with Crippen LogP contribution in [0.5, 0.6) is 34.5 Å². The number of phenols is 1. The van der Waals surface area contributed by atoms with Gasteiger partial charge >= 0.3 is 0 Å². The molecule has 0 saturated carbocycles. The highest BCUT2D eigenvalue weighted by Crippen LogP contribution is 2.45. The molecule has 0 fully saturated rings. The summed E-state index contributed by atoms with van der Waals surface area (Å²) >= 11 is 0. The molecule has 0 aliphatic heterocycles. The van der Waals surface area contributed by atoms with Gasteiger partial charge in [-0.1, -0.05) is 42.5 Å². The van der Waals surface area contributed by atoms with E-state index in [2.05, 4.69) is 0 Å². The van der Waals surface area contributed by atoms with E-state index >= 15 is 0 Å². The van der Waals surface area contributed by atoms with E-state index in [1.165, 1.54) is 33.5 Å². The Morgan fingerprint density at radius 2 is 1.52 bits per heavy atom. The molecule has 0 atom stereocenters. The van der Waals surface area contributed by atoms with Crippen molar-refractivity contribution in [2.45, 2.75) is 6.61 Å². The largest absolute Gasteiger partial charge is 0.507 e. The van der Waals surface area contributed by atoms with E-state index in [9.17, 15) is 9.90 Å². The monoisotopic (exact) mass is 450 g/mol. The number of carbonyl (C=O) groups is 1. The Hall–Kier alpha value is -4.13. The van der Waals surface area contributed by atoms with Gasteiger partial charge in [0, 0.05) is 6.07 Å². The SMILES string of the molecule is COc1cc(/C=C/C(=O)c2c(O)cc(OC)c(OC)c2OC)ccc1OCc1ccccc1. The van der Waals surface area contributed by atoms with Crippen molar-refractivity contribution in [2.24, 2.45) is 0 Å². The molecule has 0 amide bonds. The number of phenolic OH excluding ortho intramolecular Hbond substituents is 1. The van der Waals surface area contributed by atoms with E-state index in [4.69, 9.17) is 23.7 Å². The van der Waals surface area contributed by atoms with Crippen molar-refractivity contribution in [3.8, 4) is 34.5 Å². The van der Waals surface area contributed by atoms with Crippen molar-refractivity contribution in [1.82, 2.24) is 0 Å². The third-order valence-corrected chi connectivity index (χ3v) is 4.91. The van der Waals surface area contributed by atoms with Crippen molar-refractivity contribution in [1.29, 1.82) is 0 Å². The number of hydrogen-bond donors (Lipinski definition) is 1. The maximum absolute atomic E-state index is 12.9.